The second kappa shape index (κ2) is 8.33. The molecule has 3 rings (SSSR count). The minimum atomic E-state index is -0.661. The van der Waals surface area contributed by atoms with Crippen molar-refractivity contribution in [1.82, 2.24) is 0 Å². The summed E-state index contributed by atoms with van der Waals surface area (Å²) in [5.74, 6) is -0.904. The van der Waals surface area contributed by atoms with Gasteiger partial charge in [-0.3, -0.25) is 4.79 Å². The molecule has 27 heavy (non-hydrogen) atoms. The van der Waals surface area contributed by atoms with Gasteiger partial charge in [0.05, 0.1) is 11.6 Å². The van der Waals surface area contributed by atoms with Gasteiger partial charge in [0.25, 0.3) is 5.91 Å². The Morgan fingerprint density at radius 3 is 2.67 bits per heavy atom. The predicted molar refractivity (Wildman–Crippen MR) is 103 cm³/mol. The molecular formula is C19H15Cl2NO5. The van der Waals surface area contributed by atoms with Crippen LogP contribution in [0.3, 0.4) is 0 Å². The van der Waals surface area contributed by atoms with Crippen LogP contribution in [0.25, 0.3) is 11.0 Å². The van der Waals surface area contributed by atoms with Gasteiger partial charge in [-0.2, -0.15) is 0 Å². The van der Waals surface area contributed by atoms with E-state index in [2.05, 4.69) is 5.32 Å². The Morgan fingerprint density at radius 2 is 1.93 bits per heavy atom. The minimum Gasteiger partial charge on any atom is -0.482 e. The highest BCUT2D eigenvalue weighted by Gasteiger charge is 2.23. The number of carbonyl (C=O) groups is 2. The molecule has 0 atom stereocenters. The summed E-state index contributed by atoms with van der Waals surface area (Å²) in [7, 11) is 0. The highest BCUT2D eigenvalue weighted by atomic mass is 35.5. The third-order valence-electron chi connectivity index (χ3n) is 3.57. The Kier molecular flexibility index (Phi) is 5.88. The lowest BCUT2D eigenvalue weighted by molar-refractivity contribution is -0.118. The minimum absolute atomic E-state index is 0.0732. The highest BCUT2D eigenvalue weighted by Crippen LogP contribution is 2.32. The van der Waals surface area contributed by atoms with Crippen LogP contribution in [0.2, 0.25) is 10.0 Å². The number of benzene rings is 2. The van der Waals surface area contributed by atoms with Crippen LogP contribution in [-0.4, -0.2) is 25.1 Å². The number of hydrogen-bond donors (Lipinski definition) is 1. The van der Waals surface area contributed by atoms with Gasteiger partial charge in [-0.15, -0.1) is 0 Å². The summed E-state index contributed by atoms with van der Waals surface area (Å²) in [5, 5.41) is 3.98. The largest absolute Gasteiger partial charge is 0.482 e. The van der Waals surface area contributed by atoms with Gasteiger partial charge < -0.3 is 19.2 Å². The molecule has 0 spiro atoms. The van der Waals surface area contributed by atoms with Gasteiger partial charge in [-0.1, -0.05) is 35.3 Å². The molecule has 1 aromatic heterocycles. The van der Waals surface area contributed by atoms with E-state index < -0.39 is 11.9 Å². The van der Waals surface area contributed by atoms with E-state index in [0.717, 1.165) is 0 Å². The number of hydrogen-bond acceptors (Lipinski definition) is 5. The van der Waals surface area contributed by atoms with Crippen molar-refractivity contribution in [2.24, 2.45) is 0 Å². The van der Waals surface area contributed by atoms with Gasteiger partial charge >= 0.3 is 5.97 Å². The molecule has 0 saturated carbocycles. The maximum absolute atomic E-state index is 12.3. The smallest absolute Gasteiger partial charge is 0.376 e. The lowest BCUT2D eigenvalue weighted by Crippen LogP contribution is -2.21. The SMILES string of the molecule is CCOC(=O)c1oc2ccccc2c1NC(=O)COc1ccc(Cl)cc1Cl. The Hall–Kier alpha value is -2.70. The lowest BCUT2D eigenvalue weighted by Gasteiger charge is -2.09. The van der Waals surface area contributed by atoms with Crippen LogP contribution in [0, 0.1) is 0 Å². The zero-order valence-corrected chi connectivity index (χ0v) is 15.8. The first kappa shape index (κ1) is 19.1. The molecule has 0 aliphatic heterocycles. The van der Waals surface area contributed by atoms with E-state index in [1.807, 2.05) is 0 Å². The predicted octanol–water partition coefficient (Wildman–Crippen LogP) is 4.93. The summed E-state index contributed by atoms with van der Waals surface area (Å²) < 4.78 is 15.9. The quantitative estimate of drug-likeness (QED) is 0.585. The molecule has 140 valence electrons. The fourth-order valence-corrected chi connectivity index (χ4v) is 2.88. The van der Waals surface area contributed by atoms with Crippen molar-refractivity contribution in [3.05, 3.63) is 58.3 Å². The number of rotatable bonds is 6. The number of halogens is 2. The number of fused-ring (bicyclic) bond motifs is 1. The Labute approximate surface area is 164 Å². The lowest BCUT2D eigenvalue weighted by atomic mass is 10.2. The van der Waals surface area contributed by atoms with Crippen molar-refractivity contribution in [3.63, 3.8) is 0 Å². The highest BCUT2D eigenvalue weighted by molar-refractivity contribution is 6.35. The maximum Gasteiger partial charge on any atom is 0.376 e. The monoisotopic (exact) mass is 407 g/mol. The van der Waals surface area contributed by atoms with Crippen molar-refractivity contribution >= 4 is 51.7 Å². The van der Waals surface area contributed by atoms with E-state index >= 15 is 0 Å². The number of furan rings is 1. The molecule has 0 radical (unpaired) electrons. The van der Waals surface area contributed by atoms with Gasteiger partial charge in [0.1, 0.15) is 17.0 Å². The zero-order valence-electron chi connectivity index (χ0n) is 14.3. The summed E-state index contributed by atoms with van der Waals surface area (Å²) in [6.45, 7) is 1.55. The van der Waals surface area contributed by atoms with Crippen LogP contribution < -0.4 is 10.1 Å². The molecule has 0 bridgehead atoms. The van der Waals surface area contributed by atoms with E-state index in [1.54, 1.807) is 43.3 Å². The summed E-state index contributed by atoms with van der Waals surface area (Å²) in [5.41, 5.74) is 0.692. The van der Waals surface area contributed by atoms with Crippen LogP contribution >= 0.6 is 23.2 Å². The molecular weight excluding hydrogens is 393 g/mol. The fraction of sp³-hybridized carbons (Fsp3) is 0.158. The van der Waals surface area contributed by atoms with Crippen molar-refractivity contribution in [3.8, 4) is 5.75 Å². The van der Waals surface area contributed by atoms with Crippen LogP contribution in [-0.2, 0) is 9.53 Å². The third kappa shape index (κ3) is 4.35. The molecule has 6 nitrogen and oxygen atoms in total. The van der Waals surface area contributed by atoms with Crippen molar-refractivity contribution in [2.75, 3.05) is 18.5 Å². The Bertz CT molecular complexity index is 999. The van der Waals surface area contributed by atoms with E-state index in [9.17, 15) is 9.59 Å². The number of anilines is 1. The summed E-state index contributed by atoms with van der Waals surface area (Å²) >= 11 is 11.8. The topological polar surface area (TPSA) is 77.8 Å². The number of para-hydroxylation sites is 1. The van der Waals surface area contributed by atoms with E-state index in [4.69, 9.17) is 37.1 Å². The molecule has 1 amide bonds. The van der Waals surface area contributed by atoms with Crippen LogP contribution in [0.1, 0.15) is 17.5 Å². The number of nitrogens with one attached hydrogen (secondary N) is 1. The summed E-state index contributed by atoms with van der Waals surface area (Å²) in [4.78, 5) is 24.5. The van der Waals surface area contributed by atoms with Crippen molar-refractivity contribution in [1.29, 1.82) is 0 Å². The average molecular weight is 408 g/mol. The third-order valence-corrected chi connectivity index (χ3v) is 4.10. The Morgan fingerprint density at radius 1 is 1.15 bits per heavy atom. The normalized spacial score (nSPS) is 10.6. The van der Waals surface area contributed by atoms with Crippen LogP contribution in [0.5, 0.6) is 5.75 Å². The molecule has 1 heterocycles. The molecule has 0 aliphatic rings. The summed E-state index contributed by atoms with van der Waals surface area (Å²) in [6.07, 6.45) is 0. The molecule has 0 saturated heterocycles. The van der Waals surface area contributed by atoms with Crippen molar-refractivity contribution < 1.29 is 23.5 Å². The fourth-order valence-electron chi connectivity index (χ4n) is 2.42. The maximum atomic E-state index is 12.3. The van der Waals surface area contributed by atoms with E-state index in [-0.39, 0.29) is 29.7 Å². The summed E-state index contributed by atoms with van der Waals surface area (Å²) in [6, 6.07) is 11.6. The van der Waals surface area contributed by atoms with Gasteiger partial charge in [0.2, 0.25) is 5.76 Å². The molecule has 0 unspecified atom stereocenters. The molecule has 1 N–H and O–H groups in total. The van der Waals surface area contributed by atoms with E-state index in [0.29, 0.717) is 21.7 Å². The standard InChI is InChI=1S/C19H15Cl2NO5/c1-2-25-19(24)18-17(12-5-3-4-6-14(12)27-18)22-16(23)10-26-15-8-7-11(20)9-13(15)21/h3-9H,2,10H2,1H3,(H,22,23). The van der Waals surface area contributed by atoms with Crippen LogP contribution in [0.15, 0.2) is 46.9 Å². The zero-order chi connectivity index (χ0) is 19.4. The number of amides is 1. The van der Waals surface area contributed by atoms with Gasteiger partial charge in [-0.05, 0) is 37.3 Å². The molecule has 2 aromatic carbocycles. The van der Waals surface area contributed by atoms with Gasteiger partial charge in [0.15, 0.2) is 6.61 Å². The van der Waals surface area contributed by atoms with Gasteiger partial charge in [0, 0.05) is 10.4 Å². The number of esters is 1. The first-order valence-corrected chi connectivity index (χ1v) is 8.81. The molecule has 3 aromatic rings. The van der Waals surface area contributed by atoms with Gasteiger partial charge in [-0.25, -0.2) is 4.79 Å². The number of ether oxygens (including phenoxy) is 2. The Balaban J connectivity index is 1.79. The number of carbonyl (C=O) groups excluding carboxylic acids is 2. The molecule has 8 heteroatoms. The molecule has 0 aliphatic carbocycles. The second-order valence-corrected chi connectivity index (χ2v) is 6.28. The molecule has 0 fully saturated rings. The van der Waals surface area contributed by atoms with Crippen molar-refractivity contribution in [2.45, 2.75) is 6.92 Å². The van der Waals surface area contributed by atoms with E-state index in [1.165, 1.54) is 6.07 Å². The van der Waals surface area contributed by atoms with Crippen LogP contribution in [0.4, 0.5) is 5.69 Å². The average Bonchev–Trinajstić information content (AvgIpc) is 3.00. The second-order valence-electron chi connectivity index (χ2n) is 5.43. The first-order valence-electron chi connectivity index (χ1n) is 8.06. The first-order chi connectivity index (χ1) is 13.0.